The minimum atomic E-state index is -4.02. The summed E-state index contributed by atoms with van der Waals surface area (Å²) in [6.45, 7) is 25.7. The van der Waals surface area contributed by atoms with E-state index in [1.54, 1.807) is 39.8 Å². The van der Waals surface area contributed by atoms with Gasteiger partial charge < -0.3 is 65.2 Å². The van der Waals surface area contributed by atoms with Crippen molar-refractivity contribution in [3.63, 3.8) is 0 Å². The van der Waals surface area contributed by atoms with Crippen LogP contribution in [0.25, 0.3) is 0 Å². The molecule has 0 aliphatic carbocycles. The summed E-state index contributed by atoms with van der Waals surface area (Å²) in [5, 5.41) is 61.6. The second-order valence-electron chi connectivity index (χ2n) is 19.3. The van der Waals surface area contributed by atoms with Gasteiger partial charge in [-0.1, -0.05) is 81.9 Å². The second-order valence-corrected chi connectivity index (χ2v) is 20.9. The molecule has 4 fully saturated rings. The Morgan fingerprint density at radius 3 is 1.35 bits per heavy atom. The third kappa shape index (κ3) is 16.6. The minimum Gasteiger partial charge on any atom is -1.00 e. The van der Waals surface area contributed by atoms with Crippen molar-refractivity contribution in [2.75, 3.05) is 13.2 Å². The van der Waals surface area contributed by atoms with Crippen LogP contribution in [0.3, 0.4) is 0 Å². The molecule has 4 aromatic carbocycles. The number of aromatic hydroxyl groups is 1. The monoisotopic (exact) mass is 1030 g/mol. The number of hydrogen-bond acceptors (Lipinski definition) is 16. The first-order valence-electron chi connectivity index (χ1n) is 22.9. The van der Waals surface area contributed by atoms with Crippen LogP contribution >= 0.6 is 0 Å². The van der Waals surface area contributed by atoms with E-state index >= 15 is 0 Å². The van der Waals surface area contributed by atoms with Crippen molar-refractivity contribution in [3.05, 3.63) is 116 Å². The molecule has 4 saturated heterocycles. The van der Waals surface area contributed by atoms with E-state index < -0.39 is 89.7 Å². The zero-order valence-electron chi connectivity index (χ0n) is 45.1. The second kappa shape index (κ2) is 26.0. The standard InChI is InChI=1S/C18H26O6.C16H22O8S.2C9H12O.2Na.H/c1-9-6-10(2)14(11(3)7-9)21-8-12(19)15-13(20)16-17(22-15)24-18(4,5)23-16;1-9-4-6-10(7-5-9)25(19,20)21-8-11(17)13-12(18)14-15(22-13)24-16(2,3)23-14;2*1-6-4-7(2)9(10)8(3)5-6;;;/h6-7,12-13,15-17,19-20H,8H2,1-5H3;4-7,11-15,17-18H,8H2,1-3H3;2*4-5,10H,1-3H3;;;/q;;;;2*+1;-1/p-1. The van der Waals surface area contributed by atoms with Gasteiger partial charge in [0.1, 0.15) is 66.9 Å². The third-order valence-electron chi connectivity index (χ3n) is 11.8. The molecule has 10 unspecified atom stereocenters. The molecule has 4 aromatic rings. The molecule has 4 aliphatic rings. The van der Waals surface area contributed by atoms with E-state index in [1.807, 2.05) is 106 Å². The molecule has 0 saturated carbocycles. The molecule has 0 aromatic heterocycles. The third-order valence-corrected chi connectivity index (χ3v) is 13.1. The van der Waals surface area contributed by atoms with E-state index in [1.165, 1.54) is 17.7 Å². The summed E-state index contributed by atoms with van der Waals surface area (Å²) in [5.74, 6) is -0.340. The van der Waals surface area contributed by atoms with Crippen LogP contribution in [0.1, 0.15) is 84.8 Å². The van der Waals surface area contributed by atoms with Gasteiger partial charge >= 0.3 is 59.1 Å². The molecule has 19 heteroatoms. The zero-order valence-corrected chi connectivity index (χ0v) is 48.9. The average Bonchev–Trinajstić information content (AvgIpc) is 3.93. The van der Waals surface area contributed by atoms with Gasteiger partial charge in [0.25, 0.3) is 10.1 Å². The predicted octanol–water partition coefficient (Wildman–Crippen LogP) is 0.0108. The summed E-state index contributed by atoms with van der Waals surface area (Å²) in [5.41, 5.74) is 10.1. The normalized spacial score (nSPS) is 25.3. The van der Waals surface area contributed by atoms with Crippen LogP contribution in [-0.2, 0) is 42.7 Å². The first-order chi connectivity index (χ1) is 32.0. The Morgan fingerprint density at radius 2 is 0.958 bits per heavy atom. The average molecular weight is 1030 g/mol. The van der Waals surface area contributed by atoms with E-state index in [-0.39, 0.29) is 77.8 Å². The predicted molar refractivity (Wildman–Crippen MR) is 255 cm³/mol. The maximum atomic E-state index is 12.1. The molecular formula is C52H72Na2O16S. The van der Waals surface area contributed by atoms with Crippen molar-refractivity contribution in [3.8, 4) is 17.2 Å². The van der Waals surface area contributed by atoms with Crippen LogP contribution in [0.2, 0.25) is 0 Å². The summed E-state index contributed by atoms with van der Waals surface area (Å²) >= 11 is 0. The summed E-state index contributed by atoms with van der Waals surface area (Å²) in [7, 11) is -4.02. The van der Waals surface area contributed by atoms with E-state index in [2.05, 4.69) is 0 Å². The van der Waals surface area contributed by atoms with Crippen LogP contribution in [0.15, 0.2) is 65.6 Å². The molecule has 16 nitrogen and oxygen atoms in total. The number of benzene rings is 4. The number of fused-ring (bicyclic) bond motifs is 2. The van der Waals surface area contributed by atoms with Crippen LogP contribution < -0.4 is 69.0 Å². The maximum absolute atomic E-state index is 12.1. The molecule has 384 valence electrons. The van der Waals surface area contributed by atoms with Gasteiger partial charge in [0.2, 0.25) is 0 Å². The minimum absolute atomic E-state index is 0. The Kier molecular flexibility index (Phi) is 23.1. The molecule has 10 atom stereocenters. The van der Waals surface area contributed by atoms with Gasteiger partial charge in [-0.3, -0.25) is 4.18 Å². The molecule has 71 heavy (non-hydrogen) atoms. The van der Waals surface area contributed by atoms with Gasteiger partial charge in [0, 0.05) is 0 Å². The first kappa shape index (κ1) is 63.1. The first-order valence-corrected chi connectivity index (χ1v) is 24.3. The maximum Gasteiger partial charge on any atom is 1.00 e. The molecule has 5 N–H and O–H groups in total. The zero-order chi connectivity index (χ0) is 51.5. The van der Waals surface area contributed by atoms with Gasteiger partial charge in [0.05, 0.1) is 11.5 Å². The van der Waals surface area contributed by atoms with Gasteiger partial charge in [-0.15, -0.1) is 5.75 Å². The fraction of sp³-hybridized carbons (Fsp3) is 0.538. The summed E-state index contributed by atoms with van der Waals surface area (Å²) in [6.07, 6.45) is -9.18. The fourth-order valence-electron chi connectivity index (χ4n) is 8.69. The van der Waals surface area contributed by atoms with Gasteiger partial charge in [0.15, 0.2) is 24.2 Å². The smallest absolute Gasteiger partial charge is 1.00 e. The molecule has 4 aliphatic heterocycles. The number of hydrogen-bond donors (Lipinski definition) is 5. The number of aliphatic hydroxyl groups is 4. The van der Waals surface area contributed by atoms with Crippen molar-refractivity contribution < 1.29 is 137 Å². The van der Waals surface area contributed by atoms with E-state index in [0.29, 0.717) is 5.75 Å². The van der Waals surface area contributed by atoms with Crippen molar-refractivity contribution in [2.24, 2.45) is 0 Å². The summed E-state index contributed by atoms with van der Waals surface area (Å²) in [4.78, 5) is -0.0107. The van der Waals surface area contributed by atoms with Crippen LogP contribution in [-0.4, -0.2) is 120 Å². The Bertz CT molecular complexity index is 2380. The van der Waals surface area contributed by atoms with Crippen molar-refractivity contribution in [2.45, 2.75) is 175 Å². The number of aryl methyl sites for hydroxylation is 10. The number of phenolic OH excluding ortho intramolecular Hbond substituents is 1. The number of phenols is 1. The van der Waals surface area contributed by atoms with E-state index in [0.717, 1.165) is 55.8 Å². The van der Waals surface area contributed by atoms with Crippen LogP contribution in [0, 0.1) is 69.2 Å². The van der Waals surface area contributed by atoms with Crippen molar-refractivity contribution in [1.29, 1.82) is 0 Å². The van der Waals surface area contributed by atoms with Crippen molar-refractivity contribution in [1.82, 2.24) is 0 Å². The van der Waals surface area contributed by atoms with Crippen LogP contribution in [0.5, 0.6) is 17.2 Å². The Balaban J connectivity index is 0.000000350. The molecular weight excluding hydrogens is 959 g/mol. The van der Waals surface area contributed by atoms with Gasteiger partial charge in [-0.25, -0.2) is 0 Å². The largest absolute Gasteiger partial charge is 1.00 e. The molecule has 0 amide bonds. The van der Waals surface area contributed by atoms with Gasteiger partial charge in [-0.2, -0.15) is 8.42 Å². The Morgan fingerprint density at radius 1 is 0.592 bits per heavy atom. The van der Waals surface area contributed by atoms with E-state index in [4.69, 9.17) is 37.3 Å². The summed E-state index contributed by atoms with van der Waals surface area (Å²) < 4.78 is 68.3. The molecule has 8 rings (SSSR count). The van der Waals surface area contributed by atoms with Gasteiger partial charge in [-0.05, 0) is 131 Å². The molecule has 0 radical (unpaired) electrons. The number of rotatable bonds is 9. The molecule has 0 spiro atoms. The quantitative estimate of drug-likeness (QED) is 0.110. The summed E-state index contributed by atoms with van der Waals surface area (Å²) in [6, 6.07) is 18.0. The Labute approximate surface area is 465 Å². The van der Waals surface area contributed by atoms with Crippen molar-refractivity contribution >= 4 is 10.1 Å². The molecule has 4 heterocycles. The van der Waals surface area contributed by atoms with Crippen LogP contribution in [0.4, 0.5) is 0 Å². The topological polar surface area (TPSA) is 232 Å². The molecule has 0 bridgehead atoms. The number of aliphatic hydroxyl groups excluding tert-OH is 4. The fourth-order valence-corrected chi connectivity index (χ4v) is 9.62. The Hall–Kier alpha value is -2.21. The number of ether oxygens (including phenoxy) is 7. The van der Waals surface area contributed by atoms with E-state index in [9.17, 15) is 39.1 Å². The SMILES string of the molecule is Cc1cc(C)c(O)c(C)c1.Cc1cc(C)c(OCC(O)C2OC3OC(C)(C)OC3C2O)c(C)c1.Cc1cc(C)c([O-])c(C)c1.Cc1ccc(S(=O)(=O)OCC(O)C2OC3OC(C)(C)OC3C2O)cc1.[H-].[Na+].[Na+].